The van der Waals surface area contributed by atoms with Crippen LogP contribution in [-0.2, 0) is 22.4 Å². The van der Waals surface area contributed by atoms with Gasteiger partial charge < -0.3 is 9.11 Å². The van der Waals surface area contributed by atoms with Crippen molar-refractivity contribution in [1.29, 1.82) is 0 Å². The third-order valence-corrected chi connectivity index (χ3v) is 4.58. The molecule has 0 saturated heterocycles. The predicted octanol–water partition coefficient (Wildman–Crippen LogP) is 3.18. The maximum Gasteiger partial charge on any atom is 0.207 e. The van der Waals surface area contributed by atoms with E-state index < -0.39 is 22.4 Å². The molecule has 2 nitrogen and oxygen atoms in total. The summed E-state index contributed by atoms with van der Waals surface area (Å²) in [7, 11) is 0. The van der Waals surface area contributed by atoms with Crippen LogP contribution in [0.25, 0.3) is 6.08 Å². The van der Waals surface area contributed by atoms with E-state index in [1.54, 1.807) is 18.6 Å². The van der Waals surface area contributed by atoms with Gasteiger partial charge in [-0.1, -0.05) is 25.5 Å². The second kappa shape index (κ2) is 7.89. The van der Waals surface area contributed by atoms with Gasteiger partial charge in [0.1, 0.15) is 12.5 Å². The average molecular weight is 283 g/mol. The van der Waals surface area contributed by atoms with E-state index in [1.807, 2.05) is 18.2 Å². The Kier molecular flexibility index (Phi) is 6.86. The number of hydrogen-bond donors (Lipinski definition) is 0. The van der Waals surface area contributed by atoms with Crippen molar-refractivity contribution in [1.82, 2.24) is 0 Å². The molecule has 99 valence electrons. The van der Waals surface area contributed by atoms with Crippen LogP contribution in [0.3, 0.4) is 0 Å². The van der Waals surface area contributed by atoms with Crippen LogP contribution < -0.4 is 0 Å². The second-order valence-electron chi connectivity index (χ2n) is 4.01. The van der Waals surface area contributed by atoms with Gasteiger partial charge in [0.05, 0.1) is 0 Å². The summed E-state index contributed by atoms with van der Waals surface area (Å²) in [4.78, 5) is 1.32. The highest BCUT2D eigenvalue weighted by Crippen LogP contribution is 2.23. The molecular formula is C14H19O2S2. The molecule has 1 aromatic carbocycles. The monoisotopic (exact) mass is 283 g/mol. The molecule has 0 aliphatic heterocycles. The van der Waals surface area contributed by atoms with Crippen LogP contribution in [0.5, 0.6) is 0 Å². The second-order valence-corrected chi connectivity index (χ2v) is 6.71. The van der Waals surface area contributed by atoms with Gasteiger partial charge in [-0.3, -0.25) is 0 Å². The first-order chi connectivity index (χ1) is 8.56. The Balaban J connectivity index is 2.90. The highest BCUT2D eigenvalue weighted by atomic mass is 32.2. The van der Waals surface area contributed by atoms with E-state index in [2.05, 4.69) is 13.0 Å². The summed E-state index contributed by atoms with van der Waals surface area (Å²) in [5.74, 6) is 0. The van der Waals surface area contributed by atoms with Gasteiger partial charge in [-0.05, 0) is 52.9 Å². The van der Waals surface area contributed by atoms with E-state index in [9.17, 15) is 9.11 Å². The highest BCUT2D eigenvalue weighted by molar-refractivity contribution is 7.93. The summed E-state index contributed by atoms with van der Waals surface area (Å²) in [6, 6.07) is 5.56. The fourth-order valence-electron chi connectivity index (χ4n) is 1.57. The van der Waals surface area contributed by atoms with E-state index in [1.165, 1.54) is 0 Å². The normalized spacial score (nSPS) is 14.9. The van der Waals surface area contributed by atoms with Gasteiger partial charge in [0.25, 0.3) is 0 Å². The van der Waals surface area contributed by atoms with E-state index in [-0.39, 0.29) is 0 Å². The Labute approximate surface area is 116 Å². The molecular weight excluding hydrogens is 264 g/mol. The predicted molar refractivity (Wildman–Crippen MR) is 79.3 cm³/mol. The van der Waals surface area contributed by atoms with Gasteiger partial charge in [0.15, 0.2) is 0 Å². The van der Waals surface area contributed by atoms with Gasteiger partial charge >= 0.3 is 0 Å². The Hall–Kier alpha value is -0.420. The molecule has 0 fully saturated rings. The van der Waals surface area contributed by atoms with Crippen LogP contribution in [0.4, 0.5) is 0 Å². The summed E-state index contributed by atoms with van der Waals surface area (Å²) in [5.41, 5.74) is 0.999. The van der Waals surface area contributed by atoms with E-state index in [0.29, 0.717) is 9.79 Å². The fourth-order valence-corrected chi connectivity index (χ4v) is 3.53. The fraction of sp³-hybridized carbons (Fsp3) is 0.357. The number of allylic oxidation sites excluding steroid dienone is 1. The molecule has 0 aliphatic rings. The third-order valence-electron chi connectivity index (χ3n) is 2.52. The molecule has 0 bridgehead atoms. The molecule has 1 rings (SSSR count). The summed E-state index contributed by atoms with van der Waals surface area (Å²) in [5, 5.41) is 0. The molecule has 1 radical (unpaired) electrons. The lowest BCUT2D eigenvalue weighted by Gasteiger charge is -2.11. The average Bonchev–Trinajstić information content (AvgIpc) is 2.34. The van der Waals surface area contributed by atoms with E-state index in [4.69, 9.17) is 0 Å². The van der Waals surface area contributed by atoms with Crippen molar-refractivity contribution >= 4 is 28.4 Å². The molecule has 18 heavy (non-hydrogen) atoms. The Morgan fingerprint density at radius 3 is 2.39 bits per heavy atom. The topological polar surface area (TPSA) is 46.1 Å². The minimum atomic E-state index is -1.12. The summed E-state index contributed by atoms with van der Waals surface area (Å²) >= 11 is -2.22. The van der Waals surface area contributed by atoms with Crippen molar-refractivity contribution in [3.63, 3.8) is 0 Å². The molecule has 0 N–H and O–H groups in total. The SMILES string of the molecule is [CH2]CCCC=Cc1ccc([S+](C)[O-])c([S+](C)[O-])c1. The lowest BCUT2D eigenvalue weighted by Crippen LogP contribution is -2.07. The molecule has 2 atom stereocenters. The van der Waals surface area contributed by atoms with Gasteiger partial charge in [-0.25, -0.2) is 0 Å². The number of unbranched alkanes of at least 4 members (excludes halogenated alkanes) is 2. The van der Waals surface area contributed by atoms with Crippen LogP contribution in [0.15, 0.2) is 34.1 Å². The lowest BCUT2D eigenvalue weighted by molar-refractivity contribution is 0.588. The number of rotatable bonds is 6. The van der Waals surface area contributed by atoms with Crippen molar-refractivity contribution in [2.24, 2.45) is 0 Å². The maximum absolute atomic E-state index is 11.6. The summed E-state index contributed by atoms with van der Waals surface area (Å²) < 4.78 is 23.2. The highest BCUT2D eigenvalue weighted by Gasteiger charge is 2.19. The molecule has 0 heterocycles. The zero-order chi connectivity index (χ0) is 13.5. The largest absolute Gasteiger partial charge is 0.612 e. The maximum atomic E-state index is 11.6. The number of benzene rings is 1. The molecule has 0 aromatic heterocycles. The minimum absolute atomic E-state index is 0.658. The van der Waals surface area contributed by atoms with Gasteiger partial charge in [-0.2, -0.15) is 0 Å². The standard InChI is InChI=1S/C14H19O2S2/c1-4-5-6-7-8-12-9-10-13(17(2)15)14(11-12)18(3)16/h7-11H,1,4-6H2,2-3H3. The minimum Gasteiger partial charge on any atom is -0.612 e. The summed E-state index contributed by atoms with van der Waals surface area (Å²) in [6.45, 7) is 3.79. The third kappa shape index (κ3) is 4.69. The quantitative estimate of drug-likeness (QED) is 0.594. The Bertz CT molecular complexity index is 401. The Morgan fingerprint density at radius 2 is 1.83 bits per heavy atom. The molecule has 2 unspecified atom stereocenters. The number of hydrogen-bond acceptors (Lipinski definition) is 2. The van der Waals surface area contributed by atoms with Crippen molar-refractivity contribution in [3.8, 4) is 0 Å². The smallest absolute Gasteiger partial charge is 0.207 e. The van der Waals surface area contributed by atoms with Crippen LogP contribution >= 0.6 is 0 Å². The zero-order valence-corrected chi connectivity index (χ0v) is 12.5. The van der Waals surface area contributed by atoms with E-state index in [0.717, 1.165) is 24.8 Å². The van der Waals surface area contributed by atoms with Gasteiger partial charge in [0.2, 0.25) is 9.79 Å². The first-order valence-electron chi connectivity index (χ1n) is 5.83. The van der Waals surface area contributed by atoms with Crippen molar-refractivity contribution in [2.45, 2.75) is 29.1 Å². The van der Waals surface area contributed by atoms with Crippen LogP contribution in [0, 0.1) is 6.92 Å². The molecule has 0 saturated carbocycles. The van der Waals surface area contributed by atoms with E-state index >= 15 is 0 Å². The van der Waals surface area contributed by atoms with Crippen LogP contribution in [0.2, 0.25) is 0 Å². The van der Waals surface area contributed by atoms with Gasteiger partial charge in [-0.15, -0.1) is 0 Å². The van der Waals surface area contributed by atoms with Crippen molar-refractivity contribution < 1.29 is 9.11 Å². The van der Waals surface area contributed by atoms with Crippen molar-refractivity contribution in [3.05, 3.63) is 36.8 Å². The molecule has 0 aliphatic carbocycles. The zero-order valence-electron chi connectivity index (χ0n) is 10.8. The van der Waals surface area contributed by atoms with Crippen LogP contribution in [0.1, 0.15) is 24.8 Å². The molecule has 1 aromatic rings. The first kappa shape index (κ1) is 15.6. The van der Waals surface area contributed by atoms with Crippen molar-refractivity contribution in [2.75, 3.05) is 12.5 Å². The Morgan fingerprint density at radius 1 is 1.17 bits per heavy atom. The van der Waals surface area contributed by atoms with Crippen LogP contribution in [-0.4, -0.2) is 21.6 Å². The summed E-state index contributed by atoms with van der Waals surface area (Å²) in [6.07, 6.45) is 10.3. The molecule has 0 amide bonds. The van der Waals surface area contributed by atoms with Gasteiger partial charge in [0, 0.05) is 6.07 Å². The lowest BCUT2D eigenvalue weighted by atomic mass is 10.2. The first-order valence-corrected chi connectivity index (χ1v) is 8.94. The molecule has 4 heteroatoms. The molecule has 0 spiro atoms.